The van der Waals surface area contributed by atoms with Gasteiger partial charge in [0.15, 0.2) is 5.65 Å². The third-order valence-electron chi connectivity index (χ3n) is 3.33. The van der Waals surface area contributed by atoms with Gasteiger partial charge in [0, 0.05) is 20.2 Å². The number of hydrogen-bond donors (Lipinski definition) is 4. The average Bonchev–Trinajstić information content (AvgIpc) is 2.93. The van der Waals surface area contributed by atoms with Crippen LogP contribution in [-0.4, -0.2) is 45.5 Å². The van der Waals surface area contributed by atoms with Gasteiger partial charge in [0.25, 0.3) is 0 Å². The van der Waals surface area contributed by atoms with E-state index in [9.17, 15) is 0 Å². The highest BCUT2D eigenvalue weighted by atomic mass is 16.3. The van der Waals surface area contributed by atoms with Crippen molar-refractivity contribution >= 4 is 22.8 Å². The molecule has 0 spiro atoms. The number of rotatable bonds is 8. The molecule has 0 saturated heterocycles. The Bertz CT molecular complexity index is 535. The lowest BCUT2D eigenvalue weighted by Crippen LogP contribution is -2.17. The first kappa shape index (κ1) is 14.5. The first-order valence-corrected chi connectivity index (χ1v) is 7.02. The number of nitrogens with one attached hydrogen (secondary N) is 3. The van der Waals surface area contributed by atoms with E-state index in [4.69, 9.17) is 5.11 Å². The minimum absolute atomic E-state index is 0.221. The normalized spacial score (nSPS) is 12.6. The van der Waals surface area contributed by atoms with Crippen LogP contribution in [0.25, 0.3) is 11.0 Å². The molecule has 2 aromatic rings. The van der Waals surface area contributed by atoms with E-state index in [0.717, 1.165) is 37.0 Å². The van der Waals surface area contributed by atoms with Crippen molar-refractivity contribution in [1.82, 2.24) is 20.2 Å². The van der Waals surface area contributed by atoms with Crippen LogP contribution in [0.1, 0.15) is 26.2 Å². The van der Waals surface area contributed by atoms with Crippen molar-refractivity contribution in [1.29, 1.82) is 0 Å². The number of aliphatic hydroxyl groups excluding tert-OH is 1. The fourth-order valence-corrected chi connectivity index (χ4v) is 2.26. The predicted octanol–water partition coefficient (Wildman–Crippen LogP) is 1.61. The van der Waals surface area contributed by atoms with Crippen molar-refractivity contribution in [3.8, 4) is 0 Å². The van der Waals surface area contributed by atoms with Crippen molar-refractivity contribution in [3.63, 3.8) is 0 Å². The second-order valence-electron chi connectivity index (χ2n) is 4.83. The van der Waals surface area contributed by atoms with Crippen molar-refractivity contribution in [2.45, 2.75) is 26.2 Å². The van der Waals surface area contributed by atoms with Gasteiger partial charge in [-0.3, -0.25) is 5.10 Å². The molecule has 0 aromatic carbocycles. The first-order valence-electron chi connectivity index (χ1n) is 7.02. The summed E-state index contributed by atoms with van der Waals surface area (Å²) in [4.78, 5) is 8.72. The molecule has 7 nitrogen and oxygen atoms in total. The number of aromatic nitrogens is 4. The summed E-state index contributed by atoms with van der Waals surface area (Å²) in [6.45, 7) is 3.16. The zero-order valence-electron chi connectivity index (χ0n) is 12.0. The Morgan fingerprint density at radius 3 is 2.90 bits per heavy atom. The molecule has 7 heteroatoms. The van der Waals surface area contributed by atoms with Crippen LogP contribution < -0.4 is 10.6 Å². The van der Waals surface area contributed by atoms with Crippen molar-refractivity contribution in [2.75, 3.05) is 30.8 Å². The minimum Gasteiger partial charge on any atom is -0.396 e. The highest BCUT2D eigenvalue weighted by molar-refractivity contribution is 5.86. The number of aliphatic hydroxyl groups is 1. The average molecular weight is 278 g/mol. The summed E-state index contributed by atoms with van der Waals surface area (Å²) >= 11 is 0. The number of nitrogens with zero attached hydrogens (tertiary/aromatic N) is 3. The van der Waals surface area contributed by atoms with Gasteiger partial charge in [0.05, 0.1) is 11.6 Å². The second-order valence-corrected chi connectivity index (χ2v) is 4.83. The Morgan fingerprint density at radius 2 is 2.20 bits per heavy atom. The molecule has 4 N–H and O–H groups in total. The Labute approximate surface area is 118 Å². The van der Waals surface area contributed by atoms with E-state index in [1.54, 1.807) is 13.2 Å². The van der Waals surface area contributed by atoms with Gasteiger partial charge < -0.3 is 15.7 Å². The Morgan fingerprint density at radius 1 is 1.35 bits per heavy atom. The number of fused-ring (bicyclic) bond motifs is 1. The van der Waals surface area contributed by atoms with E-state index in [-0.39, 0.29) is 6.61 Å². The van der Waals surface area contributed by atoms with Crippen LogP contribution in [0.2, 0.25) is 0 Å². The standard InChI is InChI=1S/C13H22N6O/c1-3-4-9(5-6-20)7-15-11-10-8-16-19-12(10)18-13(14-2)17-11/h8-9,20H,3-7H2,1-2H3,(H3,14,15,16,17,18,19). The van der Waals surface area contributed by atoms with Gasteiger partial charge in [0.1, 0.15) is 5.82 Å². The van der Waals surface area contributed by atoms with Crippen LogP contribution in [0.15, 0.2) is 6.20 Å². The van der Waals surface area contributed by atoms with Crippen LogP contribution in [0.3, 0.4) is 0 Å². The third-order valence-corrected chi connectivity index (χ3v) is 3.33. The Balaban J connectivity index is 2.13. The van der Waals surface area contributed by atoms with E-state index >= 15 is 0 Å². The van der Waals surface area contributed by atoms with E-state index in [2.05, 4.69) is 37.7 Å². The van der Waals surface area contributed by atoms with Gasteiger partial charge >= 0.3 is 0 Å². The summed E-state index contributed by atoms with van der Waals surface area (Å²) in [5.74, 6) is 1.77. The summed E-state index contributed by atoms with van der Waals surface area (Å²) in [6.07, 6.45) is 4.72. The minimum atomic E-state index is 0.221. The number of aromatic amines is 1. The number of hydrogen-bond acceptors (Lipinski definition) is 6. The predicted molar refractivity (Wildman–Crippen MR) is 79.8 cm³/mol. The van der Waals surface area contributed by atoms with Crippen LogP contribution in [0.5, 0.6) is 0 Å². The summed E-state index contributed by atoms with van der Waals surface area (Å²) in [5.41, 5.74) is 0.709. The van der Waals surface area contributed by atoms with Crippen LogP contribution >= 0.6 is 0 Å². The molecule has 110 valence electrons. The molecule has 1 atom stereocenters. The molecule has 0 bridgehead atoms. The first-order chi connectivity index (χ1) is 9.78. The fraction of sp³-hybridized carbons (Fsp3) is 0.615. The number of H-pyrrole nitrogens is 1. The third kappa shape index (κ3) is 3.36. The molecular weight excluding hydrogens is 256 g/mol. The maximum absolute atomic E-state index is 9.10. The molecule has 0 aliphatic rings. The SMILES string of the molecule is CCCC(CCO)CNc1nc(NC)nc2[nH]ncc12. The van der Waals surface area contributed by atoms with Crippen molar-refractivity contribution < 1.29 is 5.11 Å². The topological polar surface area (TPSA) is 98.7 Å². The summed E-state index contributed by atoms with van der Waals surface area (Å²) in [6, 6.07) is 0. The Hall–Kier alpha value is -1.89. The molecule has 0 amide bonds. The molecule has 0 radical (unpaired) electrons. The largest absolute Gasteiger partial charge is 0.396 e. The molecule has 20 heavy (non-hydrogen) atoms. The van der Waals surface area contributed by atoms with Gasteiger partial charge in [-0.25, -0.2) is 0 Å². The number of anilines is 2. The zero-order chi connectivity index (χ0) is 14.4. The summed E-state index contributed by atoms with van der Waals surface area (Å²) < 4.78 is 0. The van der Waals surface area contributed by atoms with Gasteiger partial charge in [-0.2, -0.15) is 15.1 Å². The van der Waals surface area contributed by atoms with Crippen molar-refractivity contribution in [3.05, 3.63) is 6.20 Å². The second kappa shape index (κ2) is 7.04. The lowest BCUT2D eigenvalue weighted by Gasteiger charge is -2.16. The van der Waals surface area contributed by atoms with E-state index < -0.39 is 0 Å². The quantitative estimate of drug-likeness (QED) is 0.585. The van der Waals surface area contributed by atoms with Crippen LogP contribution in [0, 0.1) is 5.92 Å². The molecular formula is C13H22N6O. The van der Waals surface area contributed by atoms with Gasteiger partial charge in [-0.15, -0.1) is 0 Å². The molecule has 0 aliphatic carbocycles. The molecule has 2 aromatic heterocycles. The molecule has 0 fully saturated rings. The fourth-order valence-electron chi connectivity index (χ4n) is 2.26. The monoisotopic (exact) mass is 278 g/mol. The summed E-state index contributed by atoms with van der Waals surface area (Å²) in [5, 5.41) is 23.1. The highest BCUT2D eigenvalue weighted by Crippen LogP contribution is 2.21. The van der Waals surface area contributed by atoms with Gasteiger partial charge in [0.2, 0.25) is 5.95 Å². The molecule has 2 heterocycles. The zero-order valence-corrected chi connectivity index (χ0v) is 12.0. The van der Waals surface area contributed by atoms with E-state index in [1.807, 2.05) is 0 Å². The summed E-state index contributed by atoms with van der Waals surface area (Å²) in [7, 11) is 1.78. The lowest BCUT2D eigenvalue weighted by atomic mass is 10.0. The van der Waals surface area contributed by atoms with Gasteiger partial charge in [-0.05, 0) is 18.8 Å². The maximum Gasteiger partial charge on any atom is 0.226 e. The molecule has 0 saturated carbocycles. The van der Waals surface area contributed by atoms with Gasteiger partial charge in [-0.1, -0.05) is 13.3 Å². The van der Waals surface area contributed by atoms with E-state index in [1.165, 1.54) is 0 Å². The Kier molecular flexibility index (Phi) is 5.11. The molecule has 2 rings (SSSR count). The maximum atomic E-state index is 9.10. The molecule has 0 aliphatic heterocycles. The lowest BCUT2D eigenvalue weighted by molar-refractivity contribution is 0.255. The van der Waals surface area contributed by atoms with E-state index in [0.29, 0.717) is 17.5 Å². The van der Waals surface area contributed by atoms with Crippen molar-refractivity contribution in [2.24, 2.45) is 5.92 Å². The van der Waals surface area contributed by atoms with Crippen LogP contribution in [0.4, 0.5) is 11.8 Å². The smallest absolute Gasteiger partial charge is 0.226 e. The highest BCUT2D eigenvalue weighted by Gasteiger charge is 2.11. The molecule has 1 unspecified atom stereocenters. The van der Waals surface area contributed by atoms with Crippen LogP contribution in [-0.2, 0) is 0 Å².